The number of carboxylic acid groups (broad SMARTS) is 2. The average molecular weight is 1100 g/mol. The molecule has 0 radical (unpaired) electrons. The van der Waals surface area contributed by atoms with E-state index in [1.807, 2.05) is 0 Å². The van der Waals surface area contributed by atoms with Crippen LogP contribution < -0.4 is 48.3 Å². The maximum atomic E-state index is 14.4. The molecule has 3 aromatic carbocycles. The number of phenolic OH excluding ortho intramolecular Hbond substituents is 2. The number of H-pyrrole nitrogens is 1. The quantitative estimate of drug-likeness (QED) is 0.0237. The first-order valence-corrected chi connectivity index (χ1v) is 24.9. The number of hydrogen-bond donors (Lipinski definition) is 16. The molecule has 426 valence electrons. The van der Waals surface area contributed by atoms with E-state index < -0.39 is 139 Å². The second kappa shape index (κ2) is 30.7. The molecule has 0 spiro atoms. The average Bonchev–Trinajstić information content (AvgIpc) is 3.93. The third-order valence-electron chi connectivity index (χ3n) is 12.4. The highest BCUT2D eigenvalue weighted by molar-refractivity contribution is 5.98. The Morgan fingerprint density at radius 3 is 1.46 bits per heavy atom. The Kier molecular flexibility index (Phi) is 24.3. The number of aromatic hydroxyl groups is 2. The molecule has 0 unspecified atom stereocenters. The molecule has 10 atom stereocenters. The Balaban J connectivity index is 1.58. The van der Waals surface area contributed by atoms with Crippen LogP contribution in [0, 0.1) is 5.92 Å². The molecule has 1 aromatic heterocycles. The zero-order valence-electron chi connectivity index (χ0n) is 43.4. The Bertz CT molecular complexity index is 2710. The van der Waals surface area contributed by atoms with Gasteiger partial charge in [0.2, 0.25) is 47.3 Å². The topological polar surface area (TPSA) is 443 Å². The van der Waals surface area contributed by atoms with E-state index in [1.54, 1.807) is 44.2 Å². The Morgan fingerprint density at radius 1 is 0.570 bits per heavy atom. The van der Waals surface area contributed by atoms with Crippen LogP contribution in [-0.2, 0) is 73.6 Å². The molecule has 0 bridgehead atoms. The van der Waals surface area contributed by atoms with Gasteiger partial charge in [-0.05, 0) is 53.8 Å². The van der Waals surface area contributed by atoms with Crippen LogP contribution in [0.2, 0.25) is 0 Å². The molecule has 0 aliphatic heterocycles. The summed E-state index contributed by atoms with van der Waals surface area (Å²) in [6.07, 6.45) is -0.220. The molecule has 0 fully saturated rings. The molecule has 4 rings (SSSR count). The second-order valence-corrected chi connectivity index (χ2v) is 18.6. The molecular formula is C52H67N11O16. The summed E-state index contributed by atoms with van der Waals surface area (Å²) in [5, 5.41) is 78.7. The van der Waals surface area contributed by atoms with E-state index >= 15 is 0 Å². The number of aliphatic hydroxyl groups excluding tert-OH is 2. The van der Waals surface area contributed by atoms with Crippen LogP contribution in [0.3, 0.4) is 0 Å². The standard InChI is InChI=1S/C52H67N11O16/c1-4-27(2)44(52(78)79)63-49(75)39(22-42(69)70)57-41(68)24-55-45(71)35(19-30-10-14-33(66)15-11-30)58-46(72)36(18-29-8-6-5-7-9-29)60-50(76)40(25-64)62-47(73)37(20-31-12-16-34(67)17-13-31)59-48(74)38(21-32-23-54-26-56-32)61-51(77)43(53)28(3)65/h5-17,23,26-28,35-40,43-44,64-67H,4,18-22,24-25,53H2,1-3H3,(H,54,56)(H,55,71)(H,57,68)(H,58,72)(H,59,74)(H,60,76)(H,61,77)(H,62,73)(H,63,75)(H,69,70)(H,78,79)/t27-,28+,35-,36-,37-,38-,39-,40-,43-,44-/m0/s1. The number of nitrogens with zero attached hydrogens (tertiary/aromatic N) is 1. The Morgan fingerprint density at radius 2 is 1.01 bits per heavy atom. The molecule has 0 aliphatic rings. The van der Waals surface area contributed by atoms with Gasteiger partial charge in [-0.15, -0.1) is 0 Å². The van der Waals surface area contributed by atoms with Gasteiger partial charge in [0.1, 0.15) is 59.8 Å². The first-order chi connectivity index (χ1) is 37.5. The van der Waals surface area contributed by atoms with Crippen molar-refractivity contribution in [3.8, 4) is 11.5 Å². The number of benzene rings is 3. The predicted molar refractivity (Wildman–Crippen MR) is 279 cm³/mol. The lowest BCUT2D eigenvalue weighted by atomic mass is 9.98. The molecule has 0 saturated carbocycles. The fourth-order valence-corrected chi connectivity index (χ4v) is 7.67. The van der Waals surface area contributed by atoms with E-state index in [0.29, 0.717) is 28.8 Å². The highest BCUT2D eigenvalue weighted by Gasteiger charge is 2.35. The van der Waals surface area contributed by atoms with E-state index in [2.05, 4.69) is 52.5 Å². The van der Waals surface area contributed by atoms with Gasteiger partial charge in [0.05, 0.1) is 32.0 Å². The van der Waals surface area contributed by atoms with Gasteiger partial charge in [-0.3, -0.25) is 43.2 Å². The normalized spacial score (nSPS) is 14.8. The summed E-state index contributed by atoms with van der Waals surface area (Å²) in [4.78, 5) is 140. The minimum atomic E-state index is -1.81. The zero-order valence-corrected chi connectivity index (χ0v) is 43.4. The van der Waals surface area contributed by atoms with Crippen molar-refractivity contribution in [2.45, 2.75) is 114 Å². The molecule has 0 saturated heterocycles. The molecular weight excluding hydrogens is 1030 g/mol. The molecule has 27 nitrogen and oxygen atoms in total. The van der Waals surface area contributed by atoms with Crippen LogP contribution in [0.1, 0.15) is 56.0 Å². The smallest absolute Gasteiger partial charge is 0.326 e. The van der Waals surface area contributed by atoms with Gasteiger partial charge in [-0.2, -0.15) is 0 Å². The SMILES string of the molecule is CC[C@H](C)[C@H](NC(=O)[C@H](CC(=O)O)NC(=O)CNC(=O)[C@H](Cc1ccc(O)cc1)NC(=O)[C@H](Cc1ccccc1)NC(=O)[C@H](CO)NC(=O)[C@H](Cc1ccc(O)cc1)NC(=O)[C@H](Cc1cnc[nH]1)NC(=O)[C@@H](N)[C@@H](C)O)C(=O)O. The number of rotatable bonds is 31. The van der Waals surface area contributed by atoms with Crippen LogP contribution in [0.4, 0.5) is 0 Å². The lowest BCUT2D eigenvalue weighted by molar-refractivity contribution is -0.144. The highest BCUT2D eigenvalue weighted by Crippen LogP contribution is 2.15. The van der Waals surface area contributed by atoms with Gasteiger partial charge in [-0.25, -0.2) is 9.78 Å². The third kappa shape index (κ3) is 20.5. The second-order valence-electron chi connectivity index (χ2n) is 18.6. The van der Waals surface area contributed by atoms with Crippen LogP contribution in [0.15, 0.2) is 91.4 Å². The maximum Gasteiger partial charge on any atom is 0.326 e. The number of nitrogens with two attached hydrogens (primary N) is 1. The van der Waals surface area contributed by atoms with Crippen molar-refractivity contribution in [2.24, 2.45) is 11.7 Å². The third-order valence-corrected chi connectivity index (χ3v) is 12.4. The molecule has 79 heavy (non-hydrogen) atoms. The fourth-order valence-electron chi connectivity index (χ4n) is 7.67. The zero-order chi connectivity index (χ0) is 58.3. The van der Waals surface area contributed by atoms with Gasteiger partial charge in [0, 0.05) is 37.6 Å². The van der Waals surface area contributed by atoms with Crippen molar-refractivity contribution in [3.05, 3.63) is 114 Å². The van der Waals surface area contributed by atoms with Crippen molar-refractivity contribution in [2.75, 3.05) is 13.2 Å². The molecule has 0 aliphatic carbocycles. The summed E-state index contributed by atoms with van der Waals surface area (Å²) in [6.45, 7) is 2.55. The number of carbonyl (C=O) groups is 10. The van der Waals surface area contributed by atoms with Crippen molar-refractivity contribution < 1.29 is 78.6 Å². The first-order valence-electron chi connectivity index (χ1n) is 24.9. The number of aliphatic carboxylic acids is 2. The number of carboxylic acids is 2. The minimum Gasteiger partial charge on any atom is -0.508 e. The maximum absolute atomic E-state index is 14.4. The van der Waals surface area contributed by atoms with Crippen LogP contribution >= 0.6 is 0 Å². The van der Waals surface area contributed by atoms with Gasteiger partial charge < -0.3 is 83.9 Å². The number of carbonyl (C=O) groups excluding carboxylic acids is 8. The minimum absolute atomic E-state index is 0.117. The molecule has 1 heterocycles. The molecule has 17 N–H and O–H groups in total. The monoisotopic (exact) mass is 1100 g/mol. The van der Waals surface area contributed by atoms with Gasteiger partial charge >= 0.3 is 11.9 Å². The highest BCUT2D eigenvalue weighted by atomic mass is 16.4. The predicted octanol–water partition coefficient (Wildman–Crippen LogP) is -3.09. The number of phenols is 2. The summed E-state index contributed by atoms with van der Waals surface area (Å²) >= 11 is 0. The van der Waals surface area contributed by atoms with E-state index in [-0.39, 0.29) is 37.2 Å². The number of aromatic nitrogens is 2. The lowest BCUT2D eigenvalue weighted by Crippen LogP contribution is -2.61. The number of imidazole rings is 1. The Hall–Kier alpha value is -8.95. The number of hydrogen-bond acceptors (Lipinski definition) is 16. The van der Waals surface area contributed by atoms with Crippen molar-refractivity contribution >= 4 is 59.2 Å². The first kappa shape index (κ1) is 62.6. The van der Waals surface area contributed by atoms with Crippen LogP contribution in [-0.4, -0.2) is 167 Å². The summed E-state index contributed by atoms with van der Waals surface area (Å²) in [6, 6.07) is 6.72. The van der Waals surface area contributed by atoms with Gasteiger partial charge in [0.25, 0.3) is 0 Å². The van der Waals surface area contributed by atoms with Gasteiger partial charge in [0.15, 0.2) is 0 Å². The number of nitrogens with one attached hydrogen (secondary N) is 9. The number of amides is 8. The fraction of sp³-hybridized carbons (Fsp3) is 0.404. The van der Waals surface area contributed by atoms with Crippen molar-refractivity contribution in [1.29, 1.82) is 0 Å². The van der Waals surface area contributed by atoms with E-state index in [0.717, 1.165) is 0 Å². The number of aromatic amines is 1. The number of aliphatic hydroxyl groups is 2. The summed E-state index contributed by atoms with van der Waals surface area (Å²) in [7, 11) is 0. The summed E-state index contributed by atoms with van der Waals surface area (Å²) in [5.74, 6) is -11.9. The van der Waals surface area contributed by atoms with Crippen LogP contribution in [0.5, 0.6) is 11.5 Å². The van der Waals surface area contributed by atoms with E-state index in [9.17, 15) is 78.6 Å². The molecule has 27 heteroatoms. The summed E-state index contributed by atoms with van der Waals surface area (Å²) < 4.78 is 0. The van der Waals surface area contributed by atoms with Crippen LogP contribution in [0.25, 0.3) is 0 Å². The van der Waals surface area contributed by atoms with Gasteiger partial charge in [-0.1, -0.05) is 74.9 Å². The van der Waals surface area contributed by atoms with Crippen molar-refractivity contribution in [1.82, 2.24) is 52.5 Å². The van der Waals surface area contributed by atoms with E-state index in [4.69, 9.17) is 5.73 Å². The summed E-state index contributed by atoms with van der Waals surface area (Å²) in [5.41, 5.74) is 7.49. The van der Waals surface area contributed by atoms with Crippen molar-refractivity contribution in [3.63, 3.8) is 0 Å². The molecule has 8 amide bonds. The largest absolute Gasteiger partial charge is 0.508 e. The van der Waals surface area contributed by atoms with E-state index in [1.165, 1.54) is 68.0 Å². The molecule has 4 aromatic rings. The lowest BCUT2D eigenvalue weighted by Gasteiger charge is -2.27. The Labute approximate surface area is 452 Å².